The van der Waals surface area contributed by atoms with Gasteiger partial charge in [-0.05, 0) is 25.5 Å². The maximum Gasteiger partial charge on any atom is 0.177 e. The second kappa shape index (κ2) is 7.22. The molecule has 0 fully saturated rings. The molecule has 0 atom stereocenters. The lowest BCUT2D eigenvalue weighted by molar-refractivity contribution is -0.104. The minimum Gasteiger partial charge on any atom is -0.349 e. The standard InChI is InChI=1S/C17H32O2Si2/c1-9-18-17(19-10-2)12-14-11-15(20(3,4)5)13-16(14)21(6,7)8/h11-13,17H,9-10H2,1-8H3/b14-12+. The van der Waals surface area contributed by atoms with Gasteiger partial charge in [-0.15, -0.1) is 0 Å². The van der Waals surface area contributed by atoms with Gasteiger partial charge in [-0.1, -0.05) is 61.8 Å². The van der Waals surface area contributed by atoms with E-state index >= 15 is 0 Å². The van der Waals surface area contributed by atoms with Crippen molar-refractivity contribution in [2.24, 2.45) is 0 Å². The van der Waals surface area contributed by atoms with E-state index in [1.165, 1.54) is 16.0 Å². The lowest BCUT2D eigenvalue weighted by Gasteiger charge is -2.21. The molecule has 21 heavy (non-hydrogen) atoms. The molecule has 0 amide bonds. The lowest BCUT2D eigenvalue weighted by Crippen LogP contribution is -2.25. The summed E-state index contributed by atoms with van der Waals surface area (Å²) in [7, 11) is -2.66. The van der Waals surface area contributed by atoms with Crippen LogP contribution in [0.2, 0.25) is 39.3 Å². The third-order valence-electron chi connectivity index (χ3n) is 3.57. The molecular weight excluding hydrogens is 292 g/mol. The van der Waals surface area contributed by atoms with Gasteiger partial charge in [-0.2, -0.15) is 0 Å². The van der Waals surface area contributed by atoms with Gasteiger partial charge in [0.15, 0.2) is 6.29 Å². The highest BCUT2D eigenvalue weighted by Gasteiger charge is 2.30. The smallest absolute Gasteiger partial charge is 0.177 e. The Kier molecular flexibility index (Phi) is 6.41. The minimum absolute atomic E-state index is 0.230. The van der Waals surface area contributed by atoms with E-state index < -0.39 is 16.1 Å². The summed E-state index contributed by atoms with van der Waals surface area (Å²) in [6, 6.07) is 0. The molecule has 0 aliphatic heterocycles. The highest BCUT2D eigenvalue weighted by atomic mass is 28.3. The third-order valence-corrected chi connectivity index (χ3v) is 7.64. The number of allylic oxidation sites excluding steroid dienone is 5. The Labute approximate surface area is 132 Å². The van der Waals surface area contributed by atoms with Crippen molar-refractivity contribution in [2.75, 3.05) is 13.2 Å². The van der Waals surface area contributed by atoms with Crippen LogP contribution in [0, 0.1) is 0 Å². The Balaban J connectivity index is 3.17. The molecule has 0 aromatic carbocycles. The van der Waals surface area contributed by atoms with Crippen LogP contribution >= 0.6 is 0 Å². The number of hydrogen-bond donors (Lipinski definition) is 0. The average Bonchev–Trinajstić information content (AvgIpc) is 2.73. The number of hydrogen-bond acceptors (Lipinski definition) is 2. The van der Waals surface area contributed by atoms with Crippen LogP contribution in [0.25, 0.3) is 0 Å². The Morgan fingerprint density at radius 1 is 0.905 bits per heavy atom. The van der Waals surface area contributed by atoms with Crippen LogP contribution in [0.3, 0.4) is 0 Å². The van der Waals surface area contributed by atoms with Crippen LogP contribution < -0.4 is 0 Å². The SMILES string of the molecule is CCOC(/C=C1\C=C([Si](C)(C)C)C=C1[Si](C)(C)C)OCC. The molecule has 0 N–H and O–H groups in total. The molecule has 0 heterocycles. The predicted molar refractivity (Wildman–Crippen MR) is 98.0 cm³/mol. The molecule has 0 saturated heterocycles. The Bertz CT molecular complexity index is 442. The van der Waals surface area contributed by atoms with Gasteiger partial charge in [0.2, 0.25) is 0 Å². The summed E-state index contributed by atoms with van der Waals surface area (Å²) < 4.78 is 11.4. The van der Waals surface area contributed by atoms with Crippen LogP contribution in [-0.2, 0) is 9.47 Å². The van der Waals surface area contributed by atoms with Gasteiger partial charge in [-0.25, -0.2) is 0 Å². The van der Waals surface area contributed by atoms with E-state index in [1.54, 1.807) is 0 Å². The summed E-state index contributed by atoms with van der Waals surface area (Å²) in [4.78, 5) is 0. The zero-order valence-electron chi connectivity index (χ0n) is 15.0. The van der Waals surface area contributed by atoms with Crippen LogP contribution in [0.4, 0.5) is 0 Å². The summed E-state index contributed by atoms with van der Waals surface area (Å²) >= 11 is 0. The van der Waals surface area contributed by atoms with Crippen molar-refractivity contribution in [1.29, 1.82) is 0 Å². The second-order valence-corrected chi connectivity index (χ2v) is 17.7. The molecule has 0 saturated carbocycles. The highest BCUT2D eigenvalue weighted by Crippen LogP contribution is 2.35. The molecule has 0 aromatic rings. The van der Waals surface area contributed by atoms with Crippen LogP contribution in [-0.4, -0.2) is 35.7 Å². The molecule has 120 valence electrons. The van der Waals surface area contributed by atoms with Crippen molar-refractivity contribution >= 4 is 16.1 Å². The molecule has 4 heteroatoms. The number of rotatable bonds is 7. The van der Waals surface area contributed by atoms with Crippen molar-refractivity contribution in [3.05, 3.63) is 34.2 Å². The summed E-state index contributed by atoms with van der Waals surface area (Å²) in [6.07, 6.45) is 6.78. The maximum atomic E-state index is 5.70. The summed E-state index contributed by atoms with van der Waals surface area (Å²) in [5.41, 5.74) is 1.33. The predicted octanol–water partition coefficient (Wildman–Crippen LogP) is 4.93. The molecule has 1 aliphatic carbocycles. The summed E-state index contributed by atoms with van der Waals surface area (Å²) in [5, 5.41) is 3.07. The fourth-order valence-corrected chi connectivity index (χ4v) is 5.29. The molecule has 0 spiro atoms. The topological polar surface area (TPSA) is 18.5 Å². The van der Waals surface area contributed by atoms with E-state index in [4.69, 9.17) is 9.47 Å². The van der Waals surface area contributed by atoms with Crippen molar-refractivity contribution < 1.29 is 9.47 Å². The van der Waals surface area contributed by atoms with Crippen molar-refractivity contribution in [3.8, 4) is 0 Å². The zero-order valence-corrected chi connectivity index (χ0v) is 17.0. The van der Waals surface area contributed by atoms with Crippen LogP contribution in [0.5, 0.6) is 0 Å². The van der Waals surface area contributed by atoms with Gasteiger partial charge in [0, 0.05) is 13.2 Å². The maximum absolute atomic E-state index is 5.70. The third kappa shape index (κ3) is 5.36. The molecule has 0 aromatic heterocycles. The minimum atomic E-state index is -1.37. The van der Waals surface area contributed by atoms with E-state index in [1.807, 2.05) is 13.8 Å². The first-order chi connectivity index (χ1) is 9.59. The summed E-state index contributed by atoms with van der Waals surface area (Å²) in [6.45, 7) is 19.8. The van der Waals surface area contributed by atoms with Gasteiger partial charge in [0.1, 0.15) is 0 Å². The molecule has 0 bridgehead atoms. The second-order valence-electron chi connectivity index (χ2n) is 7.56. The molecule has 0 radical (unpaired) electrons. The van der Waals surface area contributed by atoms with Crippen LogP contribution in [0.15, 0.2) is 34.2 Å². The normalized spacial score (nSPS) is 18.4. The van der Waals surface area contributed by atoms with E-state index in [-0.39, 0.29) is 6.29 Å². The van der Waals surface area contributed by atoms with Gasteiger partial charge >= 0.3 is 0 Å². The number of ether oxygens (including phenoxy) is 2. The highest BCUT2D eigenvalue weighted by molar-refractivity contribution is 6.87. The first kappa shape index (κ1) is 18.6. The van der Waals surface area contributed by atoms with Gasteiger partial charge in [0.05, 0.1) is 16.1 Å². The Hall–Kier alpha value is -0.426. The van der Waals surface area contributed by atoms with E-state index in [0.717, 1.165) is 0 Å². The molecule has 1 aliphatic rings. The summed E-state index contributed by atoms with van der Waals surface area (Å²) in [5.74, 6) is 0. The molecule has 0 unspecified atom stereocenters. The largest absolute Gasteiger partial charge is 0.349 e. The Morgan fingerprint density at radius 3 is 1.81 bits per heavy atom. The first-order valence-electron chi connectivity index (χ1n) is 7.99. The van der Waals surface area contributed by atoms with Crippen LogP contribution in [0.1, 0.15) is 13.8 Å². The van der Waals surface area contributed by atoms with Crippen molar-refractivity contribution in [3.63, 3.8) is 0 Å². The fourth-order valence-electron chi connectivity index (χ4n) is 2.37. The zero-order chi connectivity index (χ0) is 16.3. The van der Waals surface area contributed by atoms with Gasteiger partial charge in [-0.3, -0.25) is 0 Å². The van der Waals surface area contributed by atoms with Gasteiger partial charge < -0.3 is 9.47 Å². The van der Waals surface area contributed by atoms with Crippen molar-refractivity contribution in [2.45, 2.75) is 59.4 Å². The van der Waals surface area contributed by atoms with E-state index in [9.17, 15) is 0 Å². The molecule has 2 nitrogen and oxygen atoms in total. The van der Waals surface area contributed by atoms with Crippen molar-refractivity contribution in [1.82, 2.24) is 0 Å². The fraction of sp³-hybridized carbons (Fsp3) is 0.647. The lowest BCUT2D eigenvalue weighted by atomic mass is 10.2. The first-order valence-corrected chi connectivity index (χ1v) is 15.0. The average molecular weight is 325 g/mol. The molecular formula is C17H32O2Si2. The van der Waals surface area contributed by atoms with Gasteiger partial charge in [0.25, 0.3) is 0 Å². The molecule has 1 rings (SSSR count). The van der Waals surface area contributed by atoms with E-state index in [2.05, 4.69) is 57.5 Å². The Morgan fingerprint density at radius 2 is 1.43 bits per heavy atom. The quantitative estimate of drug-likeness (QED) is 0.488. The monoisotopic (exact) mass is 324 g/mol. The van der Waals surface area contributed by atoms with E-state index in [0.29, 0.717) is 13.2 Å².